The Labute approximate surface area is 131 Å². The smallest absolute Gasteiger partial charge is 0.254 e. The number of benzene rings is 1. The van der Waals surface area contributed by atoms with Crippen LogP contribution in [0.4, 0.5) is 0 Å². The van der Waals surface area contributed by atoms with E-state index in [1.165, 1.54) is 12.1 Å². The van der Waals surface area contributed by atoms with Gasteiger partial charge in [0.05, 0.1) is 4.90 Å². The number of carbonyl (C=O) groups excluding carboxylic acids is 1. The van der Waals surface area contributed by atoms with Crippen molar-refractivity contribution in [3.63, 3.8) is 0 Å². The highest BCUT2D eigenvalue weighted by molar-refractivity contribution is 7.90. The molecule has 1 heterocycles. The molecule has 1 saturated heterocycles. The van der Waals surface area contributed by atoms with Gasteiger partial charge in [0.15, 0.2) is 9.84 Å². The van der Waals surface area contributed by atoms with Crippen LogP contribution in [0.3, 0.4) is 0 Å². The topological polar surface area (TPSA) is 54.5 Å². The molecule has 0 spiro atoms. The lowest BCUT2D eigenvalue weighted by atomic mass is 9.99. The number of piperidine rings is 1. The summed E-state index contributed by atoms with van der Waals surface area (Å²) < 4.78 is 22.9. The lowest BCUT2D eigenvalue weighted by molar-refractivity contribution is 0.0609. The number of carbonyl (C=O) groups is 1. The summed E-state index contributed by atoms with van der Waals surface area (Å²) in [6.07, 6.45) is 5.07. The van der Waals surface area contributed by atoms with Gasteiger partial charge in [0.2, 0.25) is 0 Å². The lowest BCUT2D eigenvalue weighted by Crippen LogP contribution is -2.43. The van der Waals surface area contributed by atoms with Gasteiger partial charge in [-0.05, 0) is 49.9 Å². The maximum Gasteiger partial charge on any atom is 0.254 e. The Balaban J connectivity index is 2.18. The fourth-order valence-electron chi connectivity index (χ4n) is 2.70. The maximum atomic E-state index is 12.6. The van der Waals surface area contributed by atoms with Gasteiger partial charge in [-0.1, -0.05) is 0 Å². The Morgan fingerprint density at radius 2 is 1.95 bits per heavy atom. The van der Waals surface area contributed by atoms with Crippen molar-refractivity contribution in [1.82, 2.24) is 4.90 Å². The fraction of sp³-hybridized carbons (Fsp3) is 0.533. The molecule has 1 aromatic carbocycles. The predicted molar refractivity (Wildman–Crippen MR) is 83.6 cm³/mol. The zero-order valence-electron chi connectivity index (χ0n) is 12.1. The molecule has 1 amide bonds. The molecule has 1 fully saturated rings. The molecular formula is C15H20ClNO3S. The molecule has 0 bridgehead atoms. The molecule has 2 rings (SSSR count). The number of hydrogen-bond acceptors (Lipinski definition) is 3. The second-order valence-electron chi connectivity index (χ2n) is 5.42. The first kappa shape index (κ1) is 16.3. The van der Waals surface area contributed by atoms with Crippen molar-refractivity contribution in [2.45, 2.75) is 36.6 Å². The van der Waals surface area contributed by atoms with Crippen LogP contribution >= 0.6 is 11.6 Å². The average Bonchev–Trinajstić information content (AvgIpc) is 2.47. The van der Waals surface area contributed by atoms with E-state index in [4.69, 9.17) is 11.6 Å². The van der Waals surface area contributed by atoms with Gasteiger partial charge in [0, 0.05) is 30.3 Å². The van der Waals surface area contributed by atoms with Crippen LogP contribution in [0.15, 0.2) is 29.2 Å². The second kappa shape index (κ2) is 6.79. The minimum absolute atomic E-state index is 0.0372. The van der Waals surface area contributed by atoms with Gasteiger partial charge in [-0.25, -0.2) is 8.42 Å². The van der Waals surface area contributed by atoms with Crippen molar-refractivity contribution < 1.29 is 13.2 Å². The number of alkyl halides is 1. The van der Waals surface area contributed by atoms with Crippen molar-refractivity contribution in [2.24, 2.45) is 0 Å². The van der Waals surface area contributed by atoms with Gasteiger partial charge >= 0.3 is 0 Å². The predicted octanol–water partition coefficient (Wildman–Crippen LogP) is 2.71. The van der Waals surface area contributed by atoms with Crippen molar-refractivity contribution in [3.05, 3.63) is 29.8 Å². The van der Waals surface area contributed by atoms with Crippen LogP contribution in [0.1, 0.15) is 36.0 Å². The van der Waals surface area contributed by atoms with Crippen LogP contribution in [0.5, 0.6) is 0 Å². The summed E-state index contributed by atoms with van der Waals surface area (Å²) in [5.41, 5.74) is 0.531. The molecule has 1 aliphatic rings. The van der Waals surface area contributed by atoms with Gasteiger partial charge in [-0.2, -0.15) is 0 Å². The number of nitrogens with zero attached hydrogens (tertiary/aromatic N) is 1. The number of halogens is 1. The minimum atomic E-state index is -3.23. The molecular weight excluding hydrogens is 310 g/mol. The maximum absolute atomic E-state index is 12.6. The van der Waals surface area contributed by atoms with E-state index in [-0.39, 0.29) is 16.8 Å². The molecule has 6 heteroatoms. The highest BCUT2D eigenvalue weighted by atomic mass is 35.5. The zero-order chi connectivity index (χ0) is 15.5. The Morgan fingerprint density at radius 3 is 2.52 bits per heavy atom. The summed E-state index contributed by atoms with van der Waals surface area (Å²) in [6, 6.07) is 6.35. The van der Waals surface area contributed by atoms with Crippen LogP contribution in [0.25, 0.3) is 0 Å². The highest BCUT2D eigenvalue weighted by Gasteiger charge is 2.27. The van der Waals surface area contributed by atoms with Gasteiger partial charge in [0.1, 0.15) is 0 Å². The minimum Gasteiger partial charge on any atom is -0.336 e. The number of sulfone groups is 1. The Morgan fingerprint density at radius 1 is 1.29 bits per heavy atom. The standard InChI is InChI=1S/C15H20ClNO3S/c1-21(19,20)14-7-5-12(6-8-14)15(18)17-11-3-2-4-13(17)9-10-16/h5-8,13H,2-4,9-11H2,1H3. The van der Waals surface area contributed by atoms with Crippen LogP contribution in [0.2, 0.25) is 0 Å². The molecule has 1 unspecified atom stereocenters. The Kier molecular flexibility index (Phi) is 5.27. The number of amides is 1. The highest BCUT2D eigenvalue weighted by Crippen LogP contribution is 2.23. The third-order valence-electron chi connectivity index (χ3n) is 3.86. The fourth-order valence-corrected chi connectivity index (χ4v) is 3.59. The molecule has 0 aliphatic carbocycles. The largest absolute Gasteiger partial charge is 0.336 e. The molecule has 116 valence electrons. The molecule has 4 nitrogen and oxygen atoms in total. The Bertz CT molecular complexity index is 596. The normalized spacial score (nSPS) is 19.5. The van der Waals surface area contributed by atoms with E-state index in [2.05, 4.69) is 0 Å². The van der Waals surface area contributed by atoms with Crippen LogP contribution < -0.4 is 0 Å². The zero-order valence-corrected chi connectivity index (χ0v) is 13.7. The van der Waals surface area contributed by atoms with Crippen molar-refractivity contribution in [2.75, 3.05) is 18.7 Å². The third kappa shape index (κ3) is 3.98. The Hall–Kier alpha value is -1.07. The first-order valence-corrected chi connectivity index (χ1v) is 9.53. The molecule has 1 aromatic rings. The quantitative estimate of drug-likeness (QED) is 0.798. The molecule has 0 radical (unpaired) electrons. The molecule has 0 saturated carbocycles. The number of hydrogen-bond donors (Lipinski definition) is 0. The van der Waals surface area contributed by atoms with E-state index in [1.807, 2.05) is 4.90 Å². The molecule has 1 aliphatic heterocycles. The SMILES string of the molecule is CS(=O)(=O)c1ccc(C(=O)N2CCCCC2CCCl)cc1. The van der Waals surface area contributed by atoms with Crippen molar-refractivity contribution in [3.8, 4) is 0 Å². The number of rotatable bonds is 4. The van der Waals surface area contributed by atoms with Gasteiger partial charge in [-0.3, -0.25) is 4.79 Å². The third-order valence-corrected chi connectivity index (χ3v) is 5.21. The second-order valence-corrected chi connectivity index (χ2v) is 7.82. The molecule has 0 N–H and O–H groups in total. The van der Waals surface area contributed by atoms with E-state index in [9.17, 15) is 13.2 Å². The summed E-state index contributed by atoms with van der Waals surface area (Å²) in [5.74, 6) is 0.506. The average molecular weight is 330 g/mol. The van der Waals surface area contributed by atoms with Crippen molar-refractivity contribution in [1.29, 1.82) is 0 Å². The van der Waals surface area contributed by atoms with Gasteiger partial charge < -0.3 is 4.90 Å². The molecule has 1 atom stereocenters. The molecule has 21 heavy (non-hydrogen) atoms. The summed E-state index contributed by atoms with van der Waals surface area (Å²) in [7, 11) is -3.23. The number of likely N-dealkylation sites (tertiary alicyclic amines) is 1. The van der Waals surface area contributed by atoms with E-state index in [0.717, 1.165) is 38.5 Å². The first-order valence-electron chi connectivity index (χ1n) is 7.10. The molecule has 0 aromatic heterocycles. The van der Waals surface area contributed by atoms with E-state index in [1.54, 1.807) is 12.1 Å². The van der Waals surface area contributed by atoms with Crippen molar-refractivity contribution >= 4 is 27.3 Å². The summed E-state index contributed by atoms with van der Waals surface area (Å²) >= 11 is 5.82. The van der Waals surface area contributed by atoms with E-state index >= 15 is 0 Å². The van der Waals surface area contributed by atoms with Gasteiger partial charge in [0.25, 0.3) is 5.91 Å². The van der Waals surface area contributed by atoms with Gasteiger partial charge in [-0.15, -0.1) is 11.6 Å². The summed E-state index contributed by atoms with van der Waals surface area (Å²) in [5, 5.41) is 0. The van der Waals surface area contributed by atoms with Crippen LogP contribution in [-0.4, -0.2) is 43.9 Å². The van der Waals surface area contributed by atoms with Crippen LogP contribution in [-0.2, 0) is 9.84 Å². The first-order chi connectivity index (χ1) is 9.93. The van der Waals surface area contributed by atoms with E-state index < -0.39 is 9.84 Å². The van der Waals surface area contributed by atoms with Crippen LogP contribution in [0, 0.1) is 0 Å². The van der Waals surface area contributed by atoms with E-state index in [0.29, 0.717) is 11.4 Å². The summed E-state index contributed by atoms with van der Waals surface area (Å²) in [6.45, 7) is 0.744. The monoisotopic (exact) mass is 329 g/mol. The lowest BCUT2D eigenvalue weighted by Gasteiger charge is -2.35. The summed E-state index contributed by atoms with van der Waals surface area (Å²) in [4.78, 5) is 14.7.